The number of benzene rings is 1. The summed E-state index contributed by atoms with van der Waals surface area (Å²) in [6.45, 7) is 5.95. The molecule has 0 radical (unpaired) electrons. The minimum Gasteiger partial charge on any atom is -0.370 e. The summed E-state index contributed by atoms with van der Waals surface area (Å²) in [7, 11) is 0. The predicted octanol–water partition coefficient (Wildman–Crippen LogP) is 2.80. The van der Waals surface area contributed by atoms with Crippen LogP contribution in [-0.4, -0.2) is 19.3 Å². The third-order valence-corrected chi connectivity index (χ3v) is 2.43. The number of ether oxygens (including phenoxy) is 2. The van der Waals surface area contributed by atoms with Crippen molar-refractivity contribution >= 4 is 0 Å². The maximum absolute atomic E-state index is 5.89. The van der Waals surface area contributed by atoms with Gasteiger partial charge in [0.25, 0.3) is 0 Å². The van der Waals surface area contributed by atoms with Gasteiger partial charge < -0.3 is 9.47 Å². The number of hydrogen-bond acceptors (Lipinski definition) is 2. The molecule has 82 valence electrons. The van der Waals surface area contributed by atoms with Gasteiger partial charge in [0.1, 0.15) is 12.2 Å². The molecule has 0 amide bonds. The van der Waals surface area contributed by atoms with Crippen molar-refractivity contribution in [2.45, 2.75) is 26.1 Å². The Kier molecular flexibility index (Phi) is 3.39. The molecule has 1 aromatic rings. The largest absolute Gasteiger partial charge is 0.370 e. The summed E-state index contributed by atoms with van der Waals surface area (Å²) in [6.07, 6.45) is 0.389. The van der Waals surface area contributed by atoms with Crippen LogP contribution >= 0.6 is 0 Å². The van der Waals surface area contributed by atoms with Crippen LogP contribution in [0.3, 0.4) is 0 Å². The van der Waals surface area contributed by atoms with Gasteiger partial charge in [-0.15, -0.1) is 0 Å². The Bertz CT molecular complexity index is 291. The molecule has 2 atom stereocenters. The van der Waals surface area contributed by atoms with Gasteiger partial charge in [0.05, 0.1) is 6.61 Å². The highest BCUT2D eigenvalue weighted by atomic mass is 16.6. The standard InChI is InChI=1S/C13H18O2/c1-10(2)8-15-13(12-9-14-12)11-6-4-3-5-7-11/h3-7,10,12-13H,8-9H2,1-2H3. The first kappa shape index (κ1) is 10.7. The van der Waals surface area contributed by atoms with E-state index in [1.54, 1.807) is 0 Å². The van der Waals surface area contributed by atoms with E-state index in [0.717, 1.165) is 13.2 Å². The van der Waals surface area contributed by atoms with Gasteiger partial charge in [-0.2, -0.15) is 0 Å². The van der Waals surface area contributed by atoms with Crippen molar-refractivity contribution in [3.05, 3.63) is 35.9 Å². The first-order valence-electron chi connectivity index (χ1n) is 5.55. The van der Waals surface area contributed by atoms with E-state index in [-0.39, 0.29) is 12.2 Å². The highest BCUT2D eigenvalue weighted by Crippen LogP contribution is 2.31. The Balaban J connectivity index is 2.00. The summed E-state index contributed by atoms with van der Waals surface area (Å²) in [4.78, 5) is 0. The Hall–Kier alpha value is -0.860. The van der Waals surface area contributed by atoms with E-state index >= 15 is 0 Å². The first-order chi connectivity index (χ1) is 7.27. The van der Waals surface area contributed by atoms with E-state index in [1.165, 1.54) is 5.56 Å². The fourth-order valence-corrected chi connectivity index (χ4v) is 1.59. The second-order valence-corrected chi connectivity index (χ2v) is 4.43. The molecule has 15 heavy (non-hydrogen) atoms. The molecular weight excluding hydrogens is 188 g/mol. The Morgan fingerprint density at radius 1 is 1.33 bits per heavy atom. The van der Waals surface area contributed by atoms with Crippen LogP contribution in [0.5, 0.6) is 0 Å². The van der Waals surface area contributed by atoms with Crippen LogP contribution in [0, 0.1) is 5.92 Å². The highest BCUT2D eigenvalue weighted by Gasteiger charge is 2.34. The van der Waals surface area contributed by atoms with Crippen LogP contribution in [0.2, 0.25) is 0 Å². The van der Waals surface area contributed by atoms with E-state index in [9.17, 15) is 0 Å². The van der Waals surface area contributed by atoms with Crippen molar-refractivity contribution in [2.75, 3.05) is 13.2 Å². The molecule has 1 aromatic carbocycles. The van der Waals surface area contributed by atoms with Crippen molar-refractivity contribution in [2.24, 2.45) is 5.92 Å². The van der Waals surface area contributed by atoms with Gasteiger partial charge in [-0.3, -0.25) is 0 Å². The summed E-state index contributed by atoms with van der Waals surface area (Å²) in [5.74, 6) is 0.565. The van der Waals surface area contributed by atoms with Gasteiger partial charge in [-0.25, -0.2) is 0 Å². The average Bonchev–Trinajstić information content (AvgIpc) is 3.03. The van der Waals surface area contributed by atoms with Crippen LogP contribution in [0.4, 0.5) is 0 Å². The quantitative estimate of drug-likeness (QED) is 0.691. The lowest BCUT2D eigenvalue weighted by atomic mass is 10.1. The fraction of sp³-hybridized carbons (Fsp3) is 0.538. The van der Waals surface area contributed by atoms with Crippen LogP contribution in [-0.2, 0) is 9.47 Å². The molecule has 0 spiro atoms. The molecular formula is C13H18O2. The smallest absolute Gasteiger partial charge is 0.111 e. The van der Waals surface area contributed by atoms with Crippen molar-refractivity contribution < 1.29 is 9.47 Å². The van der Waals surface area contributed by atoms with Gasteiger partial charge >= 0.3 is 0 Å². The van der Waals surface area contributed by atoms with Crippen molar-refractivity contribution in [3.63, 3.8) is 0 Å². The summed E-state index contributed by atoms with van der Waals surface area (Å²) < 4.78 is 11.2. The minimum atomic E-state index is 0.119. The van der Waals surface area contributed by atoms with Gasteiger partial charge in [-0.1, -0.05) is 44.2 Å². The second-order valence-electron chi connectivity index (χ2n) is 4.43. The molecule has 2 heteroatoms. The summed E-state index contributed by atoms with van der Waals surface area (Å²) in [5, 5.41) is 0. The van der Waals surface area contributed by atoms with E-state index in [2.05, 4.69) is 26.0 Å². The molecule has 2 unspecified atom stereocenters. The topological polar surface area (TPSA) is 21.8 Å². The number of hydrogen-bond donors (Lipinski definition) is 0. The molecule has 0 saturated carbocycles. The Labute approximate surface area is 91.2 Å². The molecule has 1 saturated heterocycles. The monoisotopic (exact) mass is 206 g/mol. The van der Waals surface area contributed by atoms with Crippen molar-refractivity contribution in [1.29, 1.82) is 0 Å². The van der Waals surface area contributed by atoms with Gasteiger partial charge in [0.15, 0.2) is 0 Å². The lowest BCUT2D eigenvalue weighted by Gasteiger charge is -2.17. The lowest BCUT2D eigenvalue weighted by Crippen LogP contribution is -2.14. The zero-order chi connectivity index (χ0) is 10.7. The molecule has 0 aliphatic carbocycles. The van der Waals surface area contributed by atoms with Crippen molar-refractivity contribution in [3.8, 4) is 0 Å². The number of rotatable bonds is 5. The second kappa shape index (κ2) is 4.77. The van der Waals surface area contributed by atoms with E-state index < -0.39 is 0 Å². The molecule has 0 aromatic heterocycles. The third-order valence-electron chi connectivity index (χ3n) is 2.43. The first-order valence-corrected chi connectivity index (χ1v) is 5.55. The third kappa shape index (κ3) is 3.05. The van der Waals surface area contributed by atoms with Crippen LogP contribution in [0.15, 0.2) is 30.3 Å². The van der Waals surface area contributed by atoms with Gasteiger partial charge in [-0.05, 0) is 11.5 Å². The zero-order valence-corrected chi connectivity index (χ0v) is 9.35. The van der Waals surface area contributed by atoms with Crippen LogP contribution in [0.25, 0.3) is 0 Å². The molecule has 2 rings (SSSR count). The molecule has 0 N–H and O–H groups in total. The molecule has 0 bridgehead atoms. The minimum absolute atomic E-state index is 0.119. The number of epoxide rings is 1. The Morgan fingerprint density at radius 3 is 2.53 bits per heavy atom. The molecule has 1 aliphatic rings. The Morgan fingerprint density at radius 2 is 2.00 bits per heavy atom. The maximum atomic E-state index is 5.89. The fourth-order valence-electron chi connectivity index (χ4n) is 1.59. The normalized spacial score (nSPS) is 21.7. The van der Waals surface area contributed by atoms with E-state index in [0.29, 0.717) is 5.92 Å². The summed E-state index contributed by atoms with van der Waals surface area (Å²) >= 11 is 0. The lowest BCUT2D eigenvalue weighted by molar-refractivity contribution is 0.0169. The predicted molar refractivity (Wildman–Crippen MR) is 59.7 cm³/mol. The SMILES string of the molecule is CC(C)COC(c1ccccc1)C1CO1. The van der Waals surface area contributed by atoms with Crippen molar-refractivity contribution in [1.82, 2.24) is 0 Å². The zero-order valence-electron chi connectivity index (χ0n) is 9.35. The summed E-state index contributed by atoms with van der Waals surface area (Å²) in [6, 6.07) is 10.3. The molecule has 1 aliphatic heterocycles. The van der Waals surface area contributed by atoms with Gasteiger partial charge in [0, 0.05) is 6.61 Å². The van der Waals surface area contributed by atoms with Crippen LogP contribution in [0.1, 0.15) is 25.5 Å². The van der Waals surface area contributed by atoms with Crippen LogP contribution < -0.4 is 0 Å². The maximum Gasteiger partial charge on any atom is 0.111 e. The van der Waals surface area contributed by atoms with E-state index in [4.69, 9.17) is 9.47 Å². The average molecular weight is 206 g/mol. The summed E-state index contributed by atoms with van der Waals surface area (Å²) in [5.41, 5.74) is 1.22. The highest BCUT2D eigenvalue weighted by molar-refractivity contribution is 5.19. The molecule has 2 nitrogen and oxygen atoms in total. The molecule has 1 heterocycles. The van der Waals surface area contributed by atoms with E-state index in [1.807, 2.05) is 18.2 Å². The molecule has 1 fully saturated rings. The van der Waals surface area contributed by atoms with Gasteiger partial charge in [0.2, 0.25) is 0 Å².